The fourth-order valence-corrected chi connectivity index (χ4v) is 4.48. The summed E-state index contributed by atoms with van der Waals surface area (Å²) in [4.78, 5) is 3.92. The maximum Gasteiger partial charge on any atom is 0.0542 e. The maximum absolute atomic E-state index is 3.92. The molecule has 24 heavy (non-hydrogen) atoms. The van der Waals surface area contributed by atoms with Crippen molar-refractivity contribution in [3.05, 3.63) is 65.3 Å². The highest BCUT2D eigenvalue weighted by atomic mass is 32.2. The minimum absolute atomic E-state index is 0.693. The molecule has 0 N–H and O–H groups in total. The van der Waals surface area contributed by atoms with Gasteiger partial charge in [0, 0.05) is 12.3 Å². The lowest BCUT2D eigenvalue weighted by Crippen LogP contribution is -2.15. The lowest BCUT2D eigenvalue weighted by Gasteiger charge is -2.30. The largest absolute Gasteiger partial charge is 0.285 e. The Morgan fingerprint density at radius 3 is 2.83 bits per heavy atom. The molecule has 0 radical (unpaired) electrons. The summed E-state index contributed by atoms with van der Waals surface area (Å²) >= 11 is 1.78. The van der Waals surface area contributed by atoms with E-state index < -0.39 is 0 Å². The first-order chi connectivity index (χ1) is 11.8. The van der Waals surface area contributed by atoms with Crippen LogP contribution in [-0.4, -0.2) is 17.8 Å². The third kappa shape index (κ3) is 2.95. The summed E-state index contributed by atoms with van der Waals surface area (Å²) in [5.41, 5.74) is 8.11. The van der Waals surface area contributed by atoms with Gasteiger partial charge in [-0.2, -0.15) is 0 Å². The molecule has 2 heteroatoms. The lowest BCUT2D eigenvalue weighted by molar-refractivity contribution is 0.634. The standard InChI is InChI=1S/C19H18.C3H5NS/c1-13-12-19-16-8-3-2-6-14(16)10-11-18(19)17-9-5-4-7-15(13)17;1-2-5-3-4-1/h2-3,5-6,8-11,13H,4,7,12H2,1H3;3H,1-2H2. The molecule has 0 aromatic heterocycles. The molecular formula is C22H23NS. The van der Waals surface area contributed by atoms with E-state index in [9.17, 15) is 0 Å². The van der Waals surface area contributed by atoms with E-state index in [0.717, 1.165) is 6.54 Å². The number of hydrogen-bond donors (Lipinski definition) is 0. The fraction of sp³-hybridized carbons (Fsp3) is 0.318. The number of benzene rings is 2. The molecule has 0 bridgehead atoms. The van der Waals surface area contributed by atoms with E-state index in [0.29, 0.717) is 5.92 Å². The van der Waals surface area contributed by atoms with Gasteiger partial charge in [0.15, 0.2) is 0 Å². The second-order valence-corrected chi connectivity index (χ2v) is 7.63. The molecule has 0 fully saturated rings. The van der Waals surface area contributed by atoms with Gasteiger partial charge in [0.25, 0.3) is 0 Å². The molecule has 1 aliphatic heterocycles. The molecule has 122 valence electrons. The van der Waals surface area contributed by atoms with Gasteiger partial charge in [-0.25, -0.2) is 0 Å². The number of hydrogen-bond acceptors (Lipinski definition) is 2. The van der Waals surface area contributed by atoms with Gasteiger partial charge < -0.3 is 0 Å². The molecule has 1 nitrogen and oxygen atoms in total. The average molecular weight is 334 g/mol. The lowest BCUT2D eigenvalue weighted by atomic mass is 9.74. The fourth-order valence-electron chi connectivity index (χ4n) is 3.96. The van der Waals surface area contributed by atoms with Crippen molar-refractivity contribution < 1.29 is 0 Å². The Morgan fingerprint density at radius 2 is 2.04 bits per heavy atom. The molecule has 0 saturated carbocycles. The number of rotatable bonds is 0. The number of nitrogens with zero attached hydrogens (tertiary/aromatic N) is 1. The molecule has 0 spiro atoms. The summed E-state index contributed by atoms with van der Waals surface area (Å²) in [6, 6.07) is 13.4. The SMILES string of the molecule is C1=NCCS1.CC1Cc2c(ccc3ccccc23)C2=C1CCC=C2. The summed E-state index contributed by atoms with van der Waals surface area (Å²) in [6.07, 6.45) is 8.34. The molecule has 5 rings (SSSR count). The van der Waals surface area contributed by atoms with Crippen LogP contribution in [0.4, 0.5) is 0 Å². The van der Waals surface area contributed by atoms with E-state index >= 15 is 0 Å². The monoisotopic (exact) mass is 333 g/mol. The minimum Gasteiger partial charge on any atom is -0.285 e. The zero-order valence-corrected chi connectivity index (χ0v) is 15.0. The number of thioether (sulfide) groups is 1. The van der Waals surface area contributed by atoms with Crippen LogP contribution in [0.1, 0.15) is 30.9 Å². The number of aliphatic imine (C=N–C) groups is 1. The van der Waals surface area contributed by atoms with E-state index in [1.807, 2.05) is 5.55 Å². The highest BCUT2D eigenvalue weighted by Crippen LogP contribution is 2.42. The molecule has 1 heterocycles. The van der Waals surface area contributed by atoms with Crippen molar-refractivity contribution in [3.63, 3.8) is 0 Å². The highest BCUT2D eigenvalue weighted by molar-refractivity contribution is 8.12. The molecule has 0 saturated heterocycles. The van der Waals surface area contributed by atoms with Gasteiger partial charge in [0.2, 0.25) is 0 Å². The van der Waals surface area contributed by atoms with Crippen LogP contribution in [0, 0.1) is 5.92 Å². The normalized spacial score (nSPS) is 21.3. The molecule has 2 aromatic rings. The molecule has 1 atom stereocenters. The first kappa shape index (κ1) is 15.7. The Hall–Kier alpha value is -1.80. The molecular weight excluding hydrogens is 310 g/mol. The molecule has 2 aromatic carbocycles. The topological polar surface area (TPSA) is 12.4 Å². The van der Waals surface area contributed by atoms with Gasteiger partial charge in [-0.05, 0) is 52.7 Å². The summed E-state index contributed by atoms with van der Waals surface area (Å²) in [6.45, 7) is 3.42. The Balaban J connectivity index is 0.000000252. The van der Waals surface area contributed by atoms with Gasteiger partial charge in [-0.3, -0.25) is 4.99 Å². The van der Waals surface area contributed by atoms with Gasteiger partial charge in [0.1, 0.15) is 0 Å². The second-order valence-electron chi connectivity index (χ2n) is 6.68. The third-order valence-corrected chi connectivity index (χ3v) is 5.85. The van der Waals surface area contributed by atoms with Crippen molar-refractivity contribution in [2.45, 2.75) is 26.2 Å². The van der Waals surface area contributed by atoms with Crippen molar-refractivity contribution in [3.8, 4) is 0 Å². The summed E-state index contributed by atoms with van der Waals surface area (Å²) in [7, 11) is 0. The summed E-state index contributed by atoms with van der Waals surface area (Å²) < 4.78 is 0. The highest BCUT2D eigenvalue weighted by Gasteiger charge is 2.25. The van der Waals surface area contributed by atoms with E-state index in [-0.39, 0.29) is 0 Å². The first-order valence-corrected chi connectivity index (χ1v) is 9.90. The summed E-state index contributed by atoms with van der Waals surface area (Å²) in [5, 5.41) is 2.81. The maximum atomic E-state index is 3.92. The number of allylic oxidation sites excluding steroid dienone is 4. The molecule has 0 amide bonds. The van der Waals surface area contributed by atoms with Crippen LogP contribution in [0.3, 0.4) is 0 Å². The number of fused-ring (bicyclic) bond motifs is 4. The Morgan fingerprint density at radius 1 is 1.12 bits per heavy atom. The van der Waals surface area contributed by atoms with Crippen molar-refractivity contribution in [2.75, 3.05) is 12.3 Å². The predicted octanol–water partition coefficient (Wildman–Crippen LogP) is 5.90. The van der Waals surface area contributed by atoms with E-state index in [2.05, 4.69) is 60.5 Å². The van der Waals surface area contributed by atoms with Gasteiger partial charge in [-0.1, -0.05) is 61.0 Å². The van der Waals surface area contributed by atoms with Gasteiger partial charge in [0.05, 0.1) is 5.55 Å². The van der Waals surface area contributed by atoms with Crippen LogP contribution in [0.25, 0.3) is 16.3 Å². The van der Waals surface area contributed by atoms with Crippen molar-refractivity contribution in [2.24, 2.45) is 10.9 Å². The zero-order chi connectivity index (χ0) is 16.4. The smallest absolute Gasteiger partial charge is 0.0542 e. The minimum atomic E-state index is 0.693. The molecule has 3 aliphatic rings. The van der Waals surface area contributed by atoms with Crippen molar-refractivity contribution in [1.29, 1.82) is 0 Å². The van der Waals surface area contributed by atoms with E-state index in [4.69, 9.17) is 0 Å². The Kier molecular flexibility index (Phi) is 4.57. The Bertz CT molecular complexity index is 838. The molecule has 2 aliphatic carbocycles. The van der Waals surface area contributed by atoms with Crippen LogP contribution >= 0.6 is 11.8 Å². The third-order valence-electron chi connectivity index (χ3n) is 5.13. The van der Waals surface area contributed by atoms with Gasteiger partial charge >= 0.3 is 0 Å². The van der Waals surface area contributed by atoms with Crippen LogP contribution in [0.5, 0.6) is 0 Å². The van der Waals surface area contributed by atoms with E-state index in [1.54, 1.807) is 22.9 Å². The van der Waals surface area contributed by atoms with Crippen molar-refractivity contribution >= 4 is 33.7 Å². The zero-order valence-electron chi connectivity index (χ0n) is 14.2. The van der Waals surface area contributed by atoms with Crippen LogP contribution < -0.4 is 0 Å². The van der Waals surface area contributed by atoms with Crippen molar-refractivity contribution in [1.82, 2.24) is 0 Å². The van der Waals surface area contributed by atoms with Gasteiger partial charge in [-0.15, -0.1) is 11.8 Å². The van der Waals surface area contributed by atoms with E-state index in [1.165, 1.54) is 46.9 Å². The second kappa shape index (κ2) is 6.98. The summed E-state index contributed by atoms with van der Waals surface area (Å²) in [5.74, 6) is 1.89. The first-order valence-electron chi connectivity index (χ1n) is 8.85. The van der Waals surface area contributed by atoms with Crippen LogP contribution in [0.2, 0.25) is 0 Å². The van der Waals surface area contributed by atoms with Crippen LogP contribution in [-0.2, 0) is 6.42 Å². The van der Waals surface area contributed by atoms with Crippen LogP contribution in [0.15, 0.2) is 59.1 Å². The quantitative estimate of drug-likeness (QED) is 0.585. The Labute approximate surface area is 148 Å². The average Bonchev–Trinajstić information content (AvgIpc) is 3.22. The molecule has 1 unspecified atom stereocenters. The predicted molar refractivity (Wildman–Crippen MR) is 108 cm³/mol.